The summed E-state index contributed by atoms with van der Waals surface area (Å²) in [6.45, 7) is 6.69. The number of hydrogen-bond acceptors (Lipinski definition) is 7. The number of carbonyl (C=O) groups excluding carboxylic acids is 3. The van der Waals surface area contributed by atoms with Crippen LogP contribution in [0.25, 0.3) is 0 Å². The lowest BCUT2D eigenvalue weighted by molar-refractivity contribution is -0.126. The lowest BCUT2D eigenvalue weighted by Crippen LogP contribution is -2.37. The van der Waals surface area contributed by atoms with Gasteiger partial charge in [0.05, 0.1) is 24.4 Å². The molecule has 4 atom stereocenters. The summed E-state index contributed by atoms with van der Waals surface area (Å²) in [6.07, 6.45) is 1.47. The Hall–Kier alpha value is -3.49. The van der Waals surface area contributed by atoms with Crippen molar-refractivity contribution in [1.82, 2.24) is 0 Å². The van der Waals surface area contributed by atoms with Gasteiger partial charge in [-0.1, -0.05) is 69.3 Å². The average Bonchev–Trinajstić information content (AvgIpc) is 3.58. The van der Waals surface area contributed by atoms with Crippen LogP contribution in [0.3, 0.4) is 0 Å². The zero-order chi connectivity index (χ0) is 27.5. The molecule has 8 heteroatoms. The smallest absolute Gasteiger partial charge is 0.341 e. The van der Waals surface area contributed by atoms with E-state index in [9.17, 15) is 14.4 Å². The van der Waals surface area contributed by atoms with Gasteiger partial charge >= 0.3 is 5.97 Å². The van der Waals surface area contributed by atoms with Gasteiger partial charge in [-0.25, -0.2) is 14.8 Å². The molecule has 3 heterocycles. The number of methoxy groups -OCH3 is 1. The molecule has 0 spiro atoms. The first-order valence-corrected chi connectivity index (χ1v) is 14.2. The number of para-hydroxylation sites is 1. The summed E-state index contributed by atoms with van der Waals surface area (Å²) in [6, 6.07) is 18.7. The second-order valence-corrected chi connectivity index (χ2v) is 12.6. The van der Waals surface area contributed by atoms with Crippen LogP contribution < -0.4 is 9.96 Å². The molecule has 3 aliphatic rings. The molecule has 39 heavy (non-hydrogen) atoms. The van der Waals surface area contributed by atoms with Gasteiger partial charge in [0.1, 0.15) is 10.9 Å². The van der Waals surface area contributed by atoms with Crippen LogP contribution in [0.4, 0.5) is 10.7 Å². The van der Waals surface area contributed by atoms with Crippen LogP contribution in [-0.4, -0.2) is 31.0 Å². The average molecular weight is 545 g/mol. The van der Waals surface area contributed by atoms with Crippen molar-refractivity contribution in [1.29, 1.82) is 0 Å². The summed E-state index contributed by atoms with van der Waals surface area (Å²) in [5.41, 5.74) is 3.02. The van der Waals surface area contributed by atoms with E-state index in [2.05, 4.69) is 20.8 Å². The highest BCUT2D eigenvalue weighted by molar-refractivity contribution is 7.17. The van der Waals surface area contributed by atoms with Gasteiger partial charge in [0, 0.05) is 4.88 Å². The normalized spacial score (nSPS) is 24.6. The molecular weight excluding hydrogens is 512 g/mol. The maximum Gasteiger partial charge on any atom is 0.341 e. The van der Waals surface area contributed by atoms with Crippen LogP contribution in [0, 0.1) is 17.3 Å². The molecule has 2 saturated heterocycles. The number of rotatable bonds is 4. The van der Waals surface area contributed by atoms with Gasteiger partial charge in [-0.15, -0.1) is 11.3 Å². The molecule has 0 radical (unpaired) electrons. The summed E-state index contributed by atoms with van der Waals surface area (Å²) in [5, 5.41) is 2.05. The molecule has 3 aromatic rings. The number of carbonyl (C=O) groups is 3. The van der Waals surface area contributed by atoms with Crippen LogP contribution in [0.5, 0.6) is 0 Å². The topological polar surface area (TPSA) is 76.2 Å². The fraction of sp³-hybridized carbons (Fsp3) is 0.387. The monoisotopic (exact) mass is 544 g/mol. The van der Waals surface area contributed by atoms with Gasteiger partial charge in [0.25, 0.3) is 5.91 Å². The number of ether oxygens (including phenoxy) is 1. The molecule has 2 aliphatic heterocycles. The Labute approximate surface area is 232 Å². The van der Waals surface area contributed by atoms with Crippen molar-refractivity contribution in [3.8, 4) is 0 Å². The first-order chi connectivity index (χ1) is 18.7. The number of hydroxylamine groups is 1. The highest BCUT2D eigenvalue weighted by Gasteiger charge is 2.61. The van der Waals surface area contributed by atoms with Crippen LogP contribution in [-0.2, 0) is 32.0 Å². The molecule has 7 nitrogen and oxygen atoms in total. The molecule has 2 aromatic carbocycles. The number of fused-ring (bicyclic) bond motifs is 2. The van der Waals surface area contributed by atoms with Crippen LogP contribution in [0.2, 0.25) is 0 Å². The maximum atomic E-state index is 14.2. The molecule has 2 amide bonds. The molecule has 6 rings (SSSR count). The van der Waals surface area contributed by atoms with Gasteiger partial charge in [-0.05, 0) is 53.9 Å². The van der Waals surface area contributed by atoms with E-state index in [1.54, 1.807) is 5.06 Å². The SMILES string of the molecule is COC(=O)c1c(N2C(=O)[C@@H]3[C@H](ON(c4ccccc4)[C@H]3c3ccccc3)C2=O)sc2c1CC[C@@H](C(C)(C)C)C2. The highest BCUT2D eigenvalue weighted by atomic mass is 32.1. The maximum absolute atomic E-state index is 14.2. The summed E-state index contributed by atoms with van der Waals surface area (Å²) in [7, 11) is 1.34. The third kappa shape index (κ3) is 4.17. The first kappa shape index (κ1) is 25.8. The van der Waals surface area contributed by atoms with Gasteiger partial charge in [-0.2, -0.15) is 0 Å². The van der Waals surface area contributed by atoms with E-state index in [1.165, 1.54) is 23.3 Å². The number of benzene rings is 2. The third-order valence-electron chi connectivity index (χ3n) is 8.33. The lowest BCUT2D eigenvalue weighted by atomic mass is 9.72. The van der Waals surface area contributed by atoms with Crippen LogP contribution in [0.15, 0.2) is 60.7 Å². The summed E-state index contributed by atoms with van der Waals surface area (Å²) in [5.74, 6) is -1.63. The number of amides is 2. The van der Waals surface area contributed by atoms with E-state index < -0.39 is 29.9 Å². The minimum atomic E-state index is -0.991. The van der Waals surface area contributed by atoms with Crippen LogP contribution in [0.1, 0.15) is 59.6 Å². The molecule has 2 fully saturated rings. The van der Waals surface area contributed by atoms with Crippen molar-refractivity contribution in [2.45, 2.75) is 52.2 Å². The number of nitrogens with zero attached hydrogens (tertiary/aromatic N) is 2. The van der Waals surface area contributed by atoms with Crippen molar-refractivity contribution in [3.05, 3.63) is 82.2 Å². The third-order valence-corrected chi connectivity index (χ3v) is 9.57. The fourth-order valence-electron chi connectivity index (χ4n) is 6.18. The summed E-state index contributed by atoms with van der Waals surface area (Å²) >= 11 is 1.38. The molecule has 1 aliphatic carbocycles. The number of anilines is 2. The summed E-state index contributed by atoms with van der Waals surface area (Å²) < 4.78 is 5.16. The van der Waals surface area contributed by atoms with Crippen molar-refractivity contribution >= 4 is 39.8 Å². The minimum Gasteiger partial charge on any atom is -0.465 e. The standard InChI is InChI=1S/C31H32N2O5S/c1-31(2,3)19-15-16-21-22(17-19)39-29(23(21)30(36)37-4)32-27(34)24-25(18-11-7-5-8-12-18)33(38-26(24)28(32)35)20-13-9-6-10-14-20/h5-14,19,24-26H,15-17H2,1-4H3/t19-,24+,25+,26+/m1/s1. The Morgan fingerprint density at radius 1 is 1.00 bits per heavy atom. The van der Waals surface area contributed by atoms with Crippen molar-refractivity contribution in [2.75, 3.05) is 17.1 Å². The molecule has 0 N–H and O–H groups in total. The molecule has 0 unspecified atom stereocenters. The van der Waals surface area contributed by atoms with E-state index in [0.29, 0.717) is 22.9 Å². The van der Waals surface area contributed by atoms with Crippen molar-refractivity contribution < 1.29 is 24.0 Å². The zero-order valence-electron chi connectivity index (χ0n) is 22.5. The summed E-state index contributed by atoms with van der Waals surface area (Å²) in [4.78, 5) is 49.8. The largest absolute Gasteiger partial charge is 0.465 e. The molecule has 0 bridgehead atoms. The number of hydrogen-bond donors (Lipinski definition) is 0. The Balaban J connectivity index is 1.42. The quantitative estimate of drug-likeness (QED) is 0.308. The van der Waals surface area contributed by atoms with Gasteiger partial charge < -0.3 is 4.74 Å². The van der Waals surface area contributed by atoms with E-state index in [4.69, 9.17) is 9.57 Å². The Bertz CT molecular complexity index is 1430. The van der Waals surface area contributed by atoms with Gasteiger partial charge in [-0.3, -0.25) is 14.4 Å². The number of thiophene rings is 1. The van der Waals surface area contributed by atoms with E-state index >= 15 is 0 Å². The highest BCUT2D eigenvalue weighted by Crippen LogP contribution is 2.51. The second kappa shape index (κ2) is 9.61. The van der Waals surface area contributed by atoms with E-state index in [0.717, 1.165) is 34.5 Å². The van der Waals surface area contributed by atoms with E-state index in [-0.39, 0.29) is 11.3 Å². The van der Waals surface area contributed by atoms with Gasteiger partial charge in [0.15, 0.2) is 6.10 Å². The molecule has 202 valence electrons. The van der Waals surface area contributed by atoms with Crippen molar-refractivity contribution in [3.63, 3.8) is 0 Å². The first-order valence-electron chi connectivity index (χ1n) is 13.4. The lowest BCUT2D eigenvalue weighted by Gasteiger charge is -2.33. The Kier molecular flexibility index (Phi) is 6.35. The van der Waals surface area contributed by atoms with Crippen LogP contribution >= 0.6 is 11.3 Å². The molecular formula is C31H32N2O5S. The minimum absolute atomic E-state index is 0.112. The Morgan fingerprint density at radius 2 is 1.67 bits per heavy atom. The molecule has 1 aromatic heterocycles. The Morgan fingerprint density at radius 3 is 2.31 bits per heavy atom. The fourth-order valence-corrected chi connectivity index (χ4v) is 7.61. The zero-order valence-corrected chi connectivity index (χ0v) is 23.4. The predicted molar refractivity (Wildman–Crippen MR) is 150 cm³/mol. The van der Waals surface area contributed by atoms with Gasteiger partial charge in [0.2, 0.25) is 5.91 Å². The molecule has 0 saturated carbocycles. The predicted octanol–water partition coefficient (Wildman–Crippen LogP) is 5.74. The number of esters is 1. The second-order valence-electron chi connectivity index (χ2n) is 11.6. The number of imide groups is 1. The van der Waals surface area contributed by atoms with E-state index in [1.807, 2.05) is 60.7 Å². The van der Waals surface area contributed by atoms with Crippen molar-refractivity contribution in [2.24, 2.45) is 17.3 Å².